The van der Waals surface area contributed by atoms with Gasteiger partial charge in [0.25, 0.3) is 0 Å². The first-order chi connectivity index (χ1) is 7.29. The van der Waals surface area contributed by atoms with Crippen LogP contribution in [0.1, 0.15) is 31.2 Å². The van der Waals surface area contributed by atoms with Crippen LogP contribution in [0.5, 0.6) is 0 Å². The van der Waals surface area contributed by atoms with Crippen LogP contribution < -0.4 is 11.3 Å². The highest BCUT2D eigenvalue weighted by Gasteiger charge is 2.28. The Bertz CT molecular complexity index is 286. The van der Waals surface area contributed by atoms with Gasteiger partial charge in [-0.15, -0.1) is 11.3 Å². The van der Waals surface area contributed by atoms with Crippen molar-refractivity contribution in [2.24, 2.45) is 17.7 Å². The molecule has 4 heteroatoms. The maximum Gasteiger partial charge on any atom is 0.0940 e. The van der Waals surface area contributed by atoms with Crippen LogP contribution in [0.3, 0.4) is 0 Å². The molecule has 3 N–H and O–H groups in total. The van der Waals surface area contributed by atoms with E-state index in [9.17, 15) is 0 Å². The fourth-order valence-electron chi connectivity index (χ4n) is 2.52. The van der Waals surface area contributed by atoms with E-state index in [1.165, 1.54) is 24.3 Å². The molecule has 3 atom stereocenters. The Kier molecular flexibility index (Phi) is 3.72. The van der Waals surface area contributed by atoms with E-state index in [-0.39, 0.29) is 0 Å². The summed E-state index contributed by atoms with van der Waals surface area (Å²) in [7, 11) is 0. The molecule has 1 fully saturated rings. The van der Waals surface area contributed by atoms with E-state index in [1.807, 2.05) is 11.6 Å². The number of hydrogen-bond donors (Lipinski definition) is 2. The van der Waals surface area contributed by atoms with Crippen molar-refractivity contribution in [2.45, 2.75) is 38.6 Å². The van der Waals surface area contributed by atoms with Crippen LogP contribution in [0.2, 0.25) is 0 Å². The van der Waals surface area contributed by atoms with Gasteiger partial charge in [0.1, 0.15) is 0 Å². The van der Waals surface area contributed by atoms with Gasteiger partial charge in [-0.25, -0.2) is 4.98 Å². The van der Waals surface area contributed by atoms with E-state index < -0.39 is 0 Å². The smallest absolute Gasteiger partial charge is 0.0940 e. The zero-order valence-corrected chi connectivity index (χ0v) is 9.96. The zero-order valence-electron chi connectivity index (χ0n) is 9.15. The predicted molar refractivity (Wildman–Crippen MR) is 63.4 cm³/mol. The number of thiazole rings is 1. The van der Waals surface area contributed by atoms with Gasteiger partial charge in [-0.3, -0.25) is 11.3 Å². The molecule has 0 bridgehead atoms. The van der Waals surface area contributed by atoms with Gasteiger partial charge in [0.2, 0.25) is 0 Å². The van der Waals surface area contributed by atoms with Crippen LogP contribution >= 0.6 is 11.3 Å². The maximum atomic E-state index is 5.64. The monoisotopic (exact) mass is 225 g/mol. The molecule has 0 amide bonds. The van der Waals surface area contributed by atoms with Gasteiger partial charge in [0, 0.05) is 24.0 Å². The summed E-state index contributed by atoms with van der Waals surface area (Å²) < 4.78 is 0. The maximum absolute atomic E-state index is 5.64. The molecule has 1 aromatic rings. The highest BCUT2D eigenvalue weighted by Crippen LogP contribution is 2.33. The van der Waals surface area contributed by atoms with Crippen LogP contribution in [0, 0.1) is 11.8 Å². The second-order valence-electron chi connectivity index (χ2n) is 4.58. The van der Waals surface area contributed by atoms with Crippen molar-refractivity contribution in [3.05, 3.63) is 16.6 Å². The van der Waals surface area contributed by atoms with Gasteiger partial charge >= 0.3 is 0 Å². The Balaban J connectivity index is 1.92. The number of nitrogens with one attached hydrogen (secondary N) is 1. The largest absolute Gasteiger partial charge is 0.271 e. The standard InChI is InChI=1S/C11H19N3S/c1-8-2-3-9(6-8)10(14-12)7-11-13-4-5-15-11/h4-5,8-10,14H,2-3,6-7,12H2,1H3. The van der Waals surface area contributed by atoms with Crippen molar-refractivity contribution in [2.75, 3.05) is 0 Å². The lowest BCUT2D eigenvalue weighted by Crippen LogP contribution is -2.41. The number of nitrogens with two attached hydrogens (primary N) is 1. The molecule has 0 saturated heterocycles. The molecule has 1 aliphatic carbocycles. The van der Waals surface area contributed by atoms with E-state index >= 15 is 0 Å². The SMILES string of the molecule is CC1CCC(C(Cc2nccs2)NN)C1. The summed E-state index contributed by atoms with van der Waals surface area (Å²) in [5.41, 5.74) is 2.97. The van der Waals surface area contributed by atoms with Crippen LogP contribution in [0.4, 0.5) is 0 Å². The summed E-state index contributed by atoms with van der Waals surface area (Å²) in [4.78, 5) is 4.32. The second kappa shape index (κ2) is 5.05. The quantitative estimate of drug-likeness (QED) is 0.608. The molecule has 0 spiro atoms. The summed E-state index contributed by atoms with van der Waals surface area (Å²) >= 11 is 1.72. The van der Waals surface area contributed by atoms with Crippen LogP contribution in [-0.2, 0) is 6.42 Å². The summed E-state index contributed by atoms with van der Waals surface area (Å²) in [6, 6.07) is 0.404. The van der Waals surface area contributed by atoms with Gasteiger partial charge in [-0.1, -0.05) is 13.3 Å². The fourth-order valence-corrected chi connectivity index (χ4v) is 3.20. The molecule has 0 aromatic carbocycles. The molecule has 0 radical (unpaired) electrons. The lowest BCUT2D eigenvalue weighted by molar-refractivity contribution is 0.352. The summed E-state index contributed by atoms with van der Waals surface area (Å²) in [5.74, 6) is 7.24. The first-order valence-electron chi connectivity index (χ1n) is 5.64. The molecular weight excluding hydrogens is 206 g/mol. The van der Waals surface area contributed by atoms with E-state index in [1.54, 1.807) is 11.3 Å². The average Bonchev–Trinajstić information content (AvgIpc) is 2.85. The van der Waals surface area contributed by atoms with E-state index in [0.29, 0.717) is 6.04 Å². The molecule has 15 heavy (non-hydrogen) atoms. The normalized spacial score (nSPS) is 28.1. The van der Waals surface area contributed by atoms with Gasteiger partial charge < -0.3 is 0 Å². The molecular formula is C11H19N3S. The van der Waals surface area contributed by atoms with Crippen molar-refractivity contribution in [3.63, 3.8) is 0 Å². The lowest BCUT2D eigenvalue weighted by atomic mass is 9.95. The van der Waals surface area contributed by atoms with E-state index in [2.05, 4.69) is 17.3 Å². The molecule has 3 unspecified atom stereocenters. The molecule has 0 aliphatic heterocycles. The third-order valence-corrected chi connectivity index (χ3v) is 4.20. The highest BCUT2D eigenvalue weighted by atomic mass is 32.1. The van der Waals surface area contributed by atoms with Crippen LogP contribution in [0.25, 0.3) is 0 Å². The van der Waals surface area contributed by atoms with Gasteiger partial charge in [0.05, 0.1) is 5.01 Å². The summed E-state index contributed by atoms with van der Waals surface area (Å²) in [6.45, 7) is 2.33. The number of rotatable bonds is 4. The molecule has 3 nitrogen and oxygen atoms in total. The molecule has 1 aliphatic rings. The number of nitrogens with zero attached hydrogens (tertiary/aromatic N) is 1. The second-order valence-corrected chi connectivity index (χ2v) is 5.56. The predicted octanol–water partition coefficient (Wildman–Crippen LogP) is 1.95. The number of aromatic nitrogens is 1. The Morgan fingerprint density at radius 1 is 1.67 bits per heavy atom. The first-order valence-corrected chi connectivity index (χ1v) is 6.52. The molecule has 1 heterocycles. The lowest BCUT2D eigenvalue weighted by Gasteiger charge is -2.21. The molecule has 1 saturated carbocycles. The van der Waals surface area contributed by atoms with Gasteiger partial charge in [0.15, 0.2) is 0 Å². The van der Waals surface area contributed by atoms with E-state index in [0.717, 1.165) is 18.3 Å². The highest BCUT2D eigenvalue weighted by molar-refractivity contribution is 7.09. The Morgan fingerprint density at radius 2 is 2.53 bits per heavy atom. The summed E-state index contributed by atoms with van der Waals surface area (Å²) in [5, 5.41) is 3.22. The average molecular weight is 225 g/mol. The van der Waals surface area contributed by atoms with Crippen molar-refractivity contribution >= 4 is 11.3 Å². The fraction of sp³-hybridized carbons (Fsp3) is 0.727. The third kappa shape index (κ3) is 2.77. The van der Waals surface area contributed by atoms with Gasteiger partial charge in [-0.05, 0) is 24.7 Å². The van der Waals surface area contributed by atoms with E-state index in [4.69, 9.17) is 5.84 Å². The minimum atomic E-state index is 0.404. The number of hydrazine groups is 1. The van der Waals surface area contributed by atoms with Crippen LogP contribution in [-0.4, -0.2) is 11.0 Å². The Morgan fingerprint density at radius 3 is 3.07 bits per heavy atom. The van der Waals surface area contributed by atoms with Crippen LogP contribution in [0.15, 0.2) is 11.6 Å². The topological polar surface area (TPSA) is 50.9 Å². The Labute approximate surface area is 95.1 Å². The van der Waals surface area contributed by atoms with Crippen molar-refractivity contribution in [3.8, 4) is 0 Å². The minimum absolute atomic E-state index is 0.404. The van der Waals surface area contributed by atoms with Crippen molar-refractivity contribution in [1.29, 1.82) is 0 Å². The first kappa shape index (κ1) is 11.0. The van der Waals surface area contributed by atoms with Crippen molar-refractivity contribution in [1.82, 2.24) is 10.4 Å². The molecule has 2 rings (SSSR count). The van der Waals surface area contributed by atoms with Gasteiger partial charge in [-0.2, -0.15) is 0 Å². The number of hydrogen-bond acceptors (Lipinski definition) is 4. The summed E-state index contributed by atoms with van der Waals surface area (Å²) in [6.07, 6.45) is 6.80. The zero-order chi connectivity index (χ0) is 10.7. The third-order valence-electron chi connectivity index (χ3n) is 3.40. The molecule has 1 aromatic heterocycles. The molecule has 84 valence electrons. The van der Waals surface area contributed by atoms with Crippen molar-refractivity contribution < 1.29 is 0 Å². The minimum Gasteiger partial charge on any atom is -0.271 e. The Hall–Kier alpha value is -0.450.